The average Bonchev–Trinajstić information content (AvgIpc) is 3.18. The van der Waals surface area contributed by atoms with Crippen molar-refractivity contribution < 1.29 is 9.53 Å². The van der Waals surface area contributed by atoms with Gasteiger partial charge in [0.1, 0.15) is 6.10 Å². The zero-order valence-electron chi connectivity index (χ0n) is 10.7. The molecular formula is C14H19ClN2O2. The molecule has 1 aromatic rings. The van der Waals surface area contributed by atoms with E-state index in [1.807, 2.05) is 35.2 Å². The number of halogens is 1. The number of rotatable bonds is 2. The van der Waals surface area contributed by atoms with E-state index in [0.29, 0.717) is 19.7 Å². The van der Waals surface area contributed by atoms with Crippen molar-refractivity contribution in [1.82, 2.24) is 4.90 Å². The van der Waals surface area contributed by atoms with Crippen molar-refractivity contribution in [1.29, 1.82) is 0 Å². The van der Waals surface area contributed by atoms with Crippen molar-refractivity contribution in [2.75, 3.05) is 19.7 Å². The molecule has 3 rings (SSSR count). The largest absolute Gasteiger partial charge is 0.370 e. The van der Waals surface area contributed by atoms with Crippen LogP contribution in [0.15, 0.2) is 30.3 Å². The van der Waals surface area contributed by atoms with Crippen LogP contribution in [0.4, 0.5) is 0 Å². The Labute approximate surface area is 119 Å². The van der Waals surface area contributed by atoms with E-state index in [0.717, 1.165) is 18.4 Å². The lowest BCUT2D eigenvalue weighted by molar-refractivity contribution is -0.141. The Kier molecular flexibility index (Phi) is 4.13. The summed E-state index contributed by atoms with van der Waals surface area (Å²) in [5.41, 5.74) is 6.52. The number of nitrogens with two attached hydrogens (primary N) is 1. The standard InChI is InChI=1S/C14H18N2O2.ClH/c15-14(6-7-14)13(17)16-8-9-18-12(10-16)11-4-2-1-3-5-11;/h1-5,12H,6-10,15H2;1H. The Morgan fingerprint density at radius 1 is 1.32 bits per heavy atom. The van der Waals surface area contributed by atoms with Gasteiger partial charge in [0.05, 0.1) is 18.7 Å². The van der Waals surface area contributed by atoms with Gasteiger partial charge in [0, 0.05) is 6.54 Å². The van der Waals surface area contributed by atoms with Gasteiger partial charge in [-0.05, 0) is 18.4 Å². The highest BCUT2D eigenvalue weighted by atomic mass is 35.5. The SMILES string of the molecule is Cl.NC1(C(=O)N2CCOC(c3ccccc3)C2)CC1. The predicted octanol–water partition coefficient (Wildman–Crippen LogP) is 1.50. The molecule has 1 aromatic carbocycles. The van der Waals surface area contributed by atoms with Gasteiger partial charge in [0.2, 0.25) is 5.91 Å². The minimum atomic E-state index is -0.571. The summed E-state index contributed by atoms with van der Waals surface area (Å²) in [4.78, 5) is 14.1. The van der Waals surface area contributed by atoms with Gasteiger partial charge in [0.15, 0.2) is 0 Å². The summed E-state index contributed by atoms with van der Waals surface area (Å²) < 4.78 is 5.74. The molecule has 19 heavy (non-hydrogen) atoms. The van der Waals surface area contributed by atoms with E-state index in [1.165, 1.54) is 0 Å². The Hall–Kier alpha value is -1.10. The molecule has 1 heterocycles. The number of nitrogens with zero attached hydrogens (tertiary/aromatic N) is 1. The highest BCUT2D eigenvalue weighted by molar-refractivity contribution is 5.89. The van der Waals surface area contributed by atoms with Gasteiger partial charge in [-0.3, -0.25) is 4.79 Å². The van der Waals surface area contributed by atoms with Crippen LogP contribution in [0.25, 0.3) is 0 Å². The fourth-order valence-corrected chi connectivity index (χ4v) is 2.37. The van der Waals surface area contributed by atoms with E-state index in [1.54, 1.807) is 0 Å². The van der Waals surface area contributed by atoms with Crippen molar-refractivity contribution >= 4 is 18.3 Å². The summed E-state index contributed by atoms with van der Waals surface area (Å²) >= 11 is 0. The highest BCUT2D eigenvalue weighted by Crippen LogP contribution is 2.35. The van der Waals surface area contributed by atoms with Gasteiger partial charge in [-0.2, -0.15) is 0 Å². The summed E-state index contributed by atoms with van der Waals surface area (Å²) in [7, 11) is 0. The molecule has 1 amide bonds. The van der Waals surface area contributed by atoms with Crippen LogP contribution in [0.2, 0.25) is 0 Å². The molecule has 2 fully saturated rings. The maximum Gasteiger partial charge on any atom is 0.242 e. The molecule has 5 heteroatoms. The van der Waals surface area contributed by atoms with Gasteiger partial charge in [-0.25, -0.2) is 0 Å². The third-order valence-electron chi connectivity index (χ3n) is 3.74. The first-order valence-corrected chi connectivity index (χ1v) is 6.44. The molecule has 0 spiro atoms. The molecule has 1 aliphatic heterocycles. The van der Waals surface area contributed by atoms with E-state index in [2.05, 4.69) is 0 Å². The Balaban J connectivity index is 0.00000133. The lowest BCUT2D eigenvalue weighted by Crippen LogP contribution is -2.50. The molecule has 2 aliphatic rings. The molecule has 0 aromatic heterocycles. The second-order valence-corrected chi connectivity index (χ2v) is 5.18. The second-order valence-electron chi connectivity index (χ2n) is 5.18. The van der Waals surface area contributed by atoms with E-state index in [-0.39, 0.29) is 24.4 Å². The summed E-state index contributed by atoms with van der Waals surface area (Å²) in [5, 5.41) is 0. The lowest BCUT2D eigenvalue weighted by atomic mass is 10.1. The van der Waals surface area contributed by atoms with Crippen molar-refractivity contribution in [3.8, 4) is 0 Å². The summed E-state index contributed by atoms with van der Waals surface area (Å²) in [5.74, 6) is 0.0896. The molecule has 1 atom stereocenters. The van der Waals surface area contributed by atoms with E-state index in [9.17, 15) is 4.79 Å². The summed E-state index contributed by atoms with van der Waals surface area (Å²) in [6, 6.07) is 10.0. The summed E-state index contributed by atoms with van der Waals surface area (Å²) in [6.07, 6.45) is 1.62. The number of benzene rings is 1. The molecule has 0 radical (unpaired) electrons. The number of hydrogen-bond acceptors (Lipinski definition) is 3. The van der Waals surface area contributed by atoms with Crippen LogP contribution in [0.3, 0.4) is 0 Å². The zero-order chi connectivity index (χ0) is 12.6. The Bertz CT molecular complexity index is 448. The molecule has 1 aliphatic carbocycles. The topological polar surface area (TPSA) is 55.6 Å². The molecule has 4 nitrogen and oxygen atoms in total. The number of hydrogen-bond donors (Lipinski definition) is 1. The van der Waals surface area contributed by atoms with Crippen molar-refractivity contribution in [2.24, 2.45) is 5.73 Å². The fourth-order valence-electron chi connectivity index (χ4n) is 2.37. The first kappa shape index (κ1) is 14.3. The van der Waals surface area contributed by atoms with Crippen LogP contribution >= 0.6 is 12.4 Å². The third-order valence-corrected chi connectivity index (χ3v) is 3.74. The third kappa shape index (κ3) is 2.91. The monoisotopic (exact) mass is 282 g/mol. The number of ether oxygens (including phenoxy) is 1. The smallest absolute Gasteiger partial charge is 0.242 e. The van der Waals surface area contributed by atoms with Crippen LogP contribution in [0, 0.1) is 0 Å². The second kappa shape index (κ2) is 5.49. The van der Waals surface area contributed by atoms with Crippen LogP contribution in [-0.2, 0) is 9.53 Å². The Morgan fingerprint density at radius 3 is 2.63 bits per heavy atom. The van der Waals surface area contributed by atoms with Gasteiger partial charge >= 0.3 is 0 Å². The van der Waals surface area contributed by atoms with Gasteiger partial charge < -0.3 is 15.4 Å². The number of carbonyl (C=O) groups excluding carboxylic acids is 1. The van der Waals surface area contributed by atoms with Crippen LogP contribution in [0.1, 0.15) is 24.5 Å². The number of carbonyl (C=O) groups is 1. The minimum absolute atomic E-state index is 0. The van der Waals surface area contributed by atoms with Crippen molar-refractivity contribution in [3.05, 3.63) is 35.9 Å². The molecule has 104 valence electrons. The molecule has 1 saturated heterocycles. The van der Waals surface area contributed by atoms with Crippen LogP contribution in [0.5, 0.6) is 0 Å². The van der Waals surface area contributed by atoms with Crippen molar-refractivity contribution in [2.45, 2.75) is 24.5 Å². The predicted molar refractivity (Wildman–Crippen MR) is 75.1 cm³/mol. The summed E-state index contributed by atoms with van der Waals surface area (Å²) in [6.45, 7) is 1.85. The zero-order valence-corrected chi connectivity index (χ0v) is 11.6. The fraction of sp³-hybridized carbons (Fsp3) is 0.500. The maximum atomic E-state index is 12.2. The molecular weight excluding hydrogens is 264 g/mol. The molecule has 2 N–H and O–H groups in total. The van der Waals surface area contributed by atoms with Crippen molar-refractivity contribution in [3.63, 3.8) is 0 Å². The van der Waals surface area contributed by atoms with E-state index >= 15 is 0 Å². The first-order valence-electron chi connectivity index (χ1n) is 6.44. The average molecular weight is 283 g/mol. The quantitative estimate of drug-likeness (QED) is 0.894. The maximum absolute atomic E-state index is 12.2. The van der Waals surface area contributed by atoms with Gasteiger partial charge in [-0.15, -0.1) is 12.4 Å². The molecule has 0 bridgehead atoms. The van der Waals surface area contributed by atoms with E-state index < -0.39 is 5.54 Å². The highest BCUT2D eigenvalue weighted by Gasteiger charge is 2.48. The Morgan fingerprint density at radius 2 is 2.00 bits per heavy atom. The first-order chi connectivity index (χ1) is 8.69. The lowest BCUT2D eigenvalue weighted by Gasteiger charge is -2.34. The molecule has 1 unspecified atom stereocenters. The van der Waals surface area contributed by atoms with Crippen LogP contribution < -0.4 is 5.73 Å². The minimum Gasteiger partial charge on any atom is -0.370 e. The van der Waals surface area contributed by atoms with E-state index in [4.69, 9.17) is 10.5 Å². The molecule has 1 saturated carbocycles. The van der Waals surface area contributed by atoms with Gasteiger partial charge in [0.25, 0.3) is 0 Å². The normalized spacial score (nSPS) is 24.5. The number of amides is 1. The van der Waals surface area contributed by atoms with Gasteiger partial charge in [-0.1, -0.05) is 30.3 Å². The van der Waals surface area contributed by atoms with Crippen LogP contribution in [-0.4, -0.2) is 36.0 Å². The number of morpholine rings is 1.